The second kappa shape index (κ2) is 39.1. The van der Waals surface area contributed by atoms with Gasteiger partial charge in [-0.05, 0) is 64.2 Å². The molecule has 1 heterocycles. The van der Waals surface area contributed by atoms with Crippen LogP contribution in [0.15, 0.2) is 24.3 Å². The maximum Gasteiger partial charge on any atom is 0.306 e. The van der Waals surface area contributed by atoms with Crippen LogP contribution in [0.2, 0.25) is 0 Å². The molecule has 56 heavy (non-hydrogen) atoms. The first-order valence-corrected chi connectivity index (χ1v) is 23.4. The summed E-state index contributed by atoms with van der Waals surface area (Å²) in [6.07, 6.45) is 37.7. The van der Waals surface area contributed by atoms with E-state index in [1.807, 2.05) is 0 Å². The minimum atomic E-state index is -1.54. The van der Waals surface area contributed by atoms with Gasteiger partial charge >= 0.3 is 5.97 Å². The predicted molar refractivity (Wildman–Crippen MR) is 229 cm³/mol. The minimum Gasteiger partial charge on any atom is -0.457 e. The Morgan fingerprint density at radius 2 is 0.982 bits per heavy atom. The fourth-order valence-corrected chi connectivity index (χ4v) is 7.13. The number of aliphatic hydroxyl groups excluding tert-OH is 4. The van der Waals surface area contributed by atoms with Gasteiger partial charge < -0.3 is 39.4 Å². The molecule has 0 spiro atoms. The van der Waals surface area contributed by atoms with Crippen LogP contribution in [0.3, 0.4) is 0 Å². The van der Waals surface area contributed by atoms with Gasteiger partial charge in [0.05, 0.1) is 19.8 Å². The summed E-state index contributed by atoms with van der Waals surface area (Å²) in [6.45, 7) is 4.55. The molecule has 1 saturated heterocycles. The van der Waals surface area contributed by atoms with Crippen LogP contribution in [-0.4, -0.2) is 89.6 Å². The fourth-order valence-electron chi connectivity index (χ4n) is 7.13. The van der Waals surface area contributed by atoms with Gasteiger partial charge in [-0.1, -0.05) is 160 Å². The van der Waals surface area contributed by atoms with Gasteiger partial charge in [0.25, 0.3) is 0 Å². The standard InChI is InChI=1S/C47H88O9/c1-3-5-7-9-11-13-15-17-19-21-22-24-26-28-30-32-34-36-43(49)55-41(40-54-47-46(52)45(51)44(50)42(38-48)56-47)39-53-37-35-33-31-29-27-25-23-20-18-16-14-12-10-8-6-4-2/h17-20,41-42,44-48,50-52H,3-16,21-40H2,1-2H3/b19-17-,20-18-. The Bertz CT molecular complexity index is 910. The Kier molecular flexibility index (Phi) is 36.8. The molecule has 1 rings (SSSR count). The van der Waals surface area contributed by atoms with E-state index in [1.54, 1.807) is 0 Å². The van der Waals surface area contributed by atoms with Gasteiger partial charge in [0.15, 0.2) is 6.29 Å². The zero-order valence-corrected chi connectivity index (χ0v) is 36.1. The van der Waals surface area contributed by atoms with E-state index in [-0.39, 0.29) is 19.2 Å². The molecule has 0 aromatic rings. The van der Waals surface area contributed by atoms with Gasteiger partial charge in [-0.2, -0.15) is 0 Å². The fraction of sp³-hybridized carbons (Fsp3) is 0.894. The number of hydrogen-bond acceptors (Lipinski definition) is 9. The van der Waals surface area contributed by atoms with Gasteiger partial charge in [-0.15, -0.1) is 0 Å². The van der Waals surface area contributed by atoms with E-state index in [9.17, 15) is 25.2 Å². The van der Waals surface area contributed by atoms with Crippen molar-refractivity contribution in [3.8, 4) is 0 Å². The zero-order chi connectivity index (χ0) is 40.7. The third-order valence-corrected chi connectivity index (χ3v) is 10.8. The Balaban J connectivity index is 2.25. The number of hydrogen-bond donors (Lipinski definition) is 4. The molecule has 0 aliphatic carbocycles. The number of carbonyl (C=O) groups excluding carboxylic acids is 1. The highest BCUT2D eigenvalue weighted by atomic mass is 16.7. The van der Waals surface area contributed by atoms with Crippen molar-refractivity contribution < 1.29 is 44.2 Å². The van der Waals surface area contributed by atoms with Crippen molar-refractivity contribution in [2.24, 2.45) is 0 Å². The van der Waals surface area contributed by atoms with Crippen molar-refractivity contribution in [1.82, 2.24) is 0 Å². The maximum absolute atomic E-state index is 12.8. The molecule has 6 atom stereocenters. The average Bonchev–Trinajstić information content (AvgIpc) is 3.20. The van der Waals surface area contributed by atoms with Crippen LogP contribution >= 0.6 is 0 Å². The SMILES string of the molecule is CCCCCCCC/C=C\CCCCCCCCCC(=O)OC(COCCCCCCCC/C=C\CCCCCCCC)COC1OC(CO)C(O)C(O)C1O. The first kappa shape index (κ1) is 52.7. The summed E-state index contributed by atoms with van der Waals surface area (Å²) in [4.78, 5) is 12.8. The molecule has 9 heteroatoms. The van der Waals surface area contributed by atoms with Gasteiger partial charge in [0.2, 0.25) is 0 Å². The molecule has 0 radical (unpaired) electrons. The Hall–Kier alpha value is -1.33. The van der Waals surface area contributed by atoms with E-state index in [0.717, 1.165) is 32.1 Å². The van der Waals surface area contributed by atoms with Gasteiger partial charge in [-0.25, -0.2) is 0 Å². The van der Waals surface area contributed by atoms with E-state index in [4.69, 9.17) is 18.9 Å². The predicted octanol–water partition coefficient (Wildman–Crippen LogP) is 10.6. The average molecular weight is 797 g/mol. The number of esters is 1. The highest BCUT2D eigenvalue weighted by Gasteiger charge is 2.44. The summed E-state index contributed by atoms with van der Waals surface area (Å²) >= 11 is 0. The van der Waals surface area contributed by atoms with Gasteiger partial charge in [0.1, 0.15) is 30.5 Å². The molecule has 330 valence electrons. The second-order valence-corrected chi connectivity index (χ2v) is 16.2. The molecule has 0 aromatic heterocycles. The molecule has 6 unspecified atom stereocenters. The third kappa shape index (κ3) is 29.8. The van der Waals surface area contributed by atoms with Crippen molar-refractivity contribution in [2.45, 2.75) is 243 Å². The largest absolute Gasteiger partial charge is 0.457 e. The van der Waals surface area contributed by atoms with Gasteiger partial charge in [-0.3, -0.25) is 4.79 Å². The summed E-state index contributed by atoms with van der Waals surface area (Å²) in [6, 6.07) is 0. The quantitative estimate of drug-likeness (QED) is 0.0271. The molecule has 0 bridgehead atoms. The van der Waals surface area contributed by atoms with Crippen LogP contribution in [0.4, 0.5) is 0 Å². The maximum atomic E-state index is 12.8. The number of rotatable bonds is 40. The molecule has 1 aliphatic rings. The van der Waals surface area contributed by atoms with Crippen molar-refractivity contribution in [1.29, 1.82) is 0 Å². The van der Waals surface area contributed by atoms with E-state index >= 15 is 0 Å². The minimum absolute atomic E-state index is 0.115. The lowest BCUT2D eigenvalue weighted by Crippen LogP contribution is -2.59. The van der Waals surface area contributed by atoms with Crippen molar-refractivity contribution in [3.63, 3.8) is 0 Å². The first-order chi connectivity index (χ1) is 27.4. The number of aliphatic hydroxyl groups is 4. The summed E-state index contributed by atoms with van der Waals surface area (Å²) < 4.78 is 22.8. The smallest absolute Gasteiger partial charge is 0.306 e. The summed E-state index contributed by atoms with van der Waals surface area (Å²) in [7, 11) is 0. The number of ether oxygens (including phenoxy) is 4. The van der Waals surface area contributed by atoms with E-state index < -0.39 is 43.4 Å². The monoisotopic (exact) mass is 797 g/mol. The Morgan fingerprint density at radius 1 is 0.554 bits per heavy atom. The molecule has 0 aromatic carbocycles. The van der Waals surface area contributed by atoms with Crippen LogP contribution < -0.4 is 0 Å². The highest BCUT2D eigenvalue weighted by molar-refractivity contribution is 5.69. The first-order valence-electron chi connectivity index (χ1n) is 23.4. The highest BCUT2D eigenvalue weighted by Crippen LogP contribution is 2.22. The molecule has 9 nitrogen and oxygen atoms in total. The van der Waals surface area contributed by atoms with Crippen LogP contribution in [0, 0.1) is 0 Å². The number of allylic oxidation sites excluding steroid dienone is 4. The van der Waals surface area contributed by atoms with E-state index in [2.05, 4.69) is 38.2 Å². The van der Waals surface area contributed by atoms with Crippen LogP contribution in [-0.2, 0) is 23.7 Å². The molecule has 1 fully saturated rings. The van der Waals surface area contributed by atoms with Crippen LogP contribution in [0.25, 0.3) is 0 Å². The van der Waals surface area contributed by atoms with Gasteiger partial charge in [0, 0.05) is 13.0 Å². The normalized spacial score (nSPS) is 20.7. The third-order valence-electron chi connectivity index (χ3n) is 10.8. The van der Waals surface area contributed by atoms with Crippen LogP contribution in [0.5, 0.6) is 0 Å². The lowest BCUT2D eigenvalue weighted by Gasteiger charge is -2.39. The molecule has 0 saturated carbocycles. The second-order valence-electron chi connectivity index (χ2n) is 16.2. The molecular formula is C47H88O9. The lowest BCUT2D eigenvalue weighted by molar-refractivity contribution is -0.305. The molecule has 0 amide bonds. The van der Waals surface area contributed by atoms with E-state index in [1.165, 1.54) is 154 Å². The van der Waals surface area contributed by atoms with Crippen LogP contribution in [0.1, 0.15) is 206 Å². The van der Waals surface area contributed by atoms with Crippen molar-refractivity contribution in [2.75, 3.05) is 26.4 Å². The lowest BCUT2D eigenvalue weighted by atomic mass is 9.99. The topological polar surface area (TPSA) is 135 Å². The molecule has 4 N–H and O–H groups in total. The summed E-state index contributed by atoms with van der Waals surface area (Å²) in [5, 5.41) is 40.1. The summed E-state index contributed by atoms with van der Waals surface area (Å²) in [5.74, 6) is -0.319. The Morgan fingerprint density at radius 3 is 1.45 bits per heavy atom. The summed E-state index contributed by atoms with van der Waals surface area (Å²) in [5.41, 5.74) is 0. The Labute approximate surface area is 343 Å². The van der Waals surface area contributed by atoms with Crippen molar-refractivity contribution in [3.05, 3.63) is 24.3 Å². The van der Waals surface area contributed by atoms with Crippen molar-refractivity contribution >= 4 is 5.97 Å². The number of unbranched alkanes of at least 4 members (excludes halogenated alkanes) is 25. The number of carbonyl (C=O) groups is 1. The van der Waals surface area contributed by atoms with E-state index in [0.29, 0.717) is 13.0 Å². The molecular weight excluding hydrogens is 709 g/mol. The molecule has 1 aliphatic heterocycles. The zero-order valence-electron chi connectivity index (χ0n) is 36.1.